The standard InChI is InChI=1S/C27H27NO4/c1-4-28(5-2)21-12-10-19(11-13-21)16-26-27(29)23-15-14-22(17-25(23)32-26)31-18-20-8-6-7-9-24(20)30-3/h6-17H,4-5,18H2,1-3H3/b26-16-. The van der Waals surface area contributed by atoms with Gasteiger partial charge in [-0.3, -0.25) is 4.79 Å². The number of anilines is 1. The number of hydrogen-bond acceptors (Lipinski definition) is 5. The number of allylic oxidation sites excluding steroid dienone is 1. The number of ether oxygens (including phenoxy) is 3. The molecule has 0 spiro atoms. The number of Topliss-reactive ketones (excluding diaryl/α,β-unsaturated/α-hetero) is 1. The van der Waals surface area contributed by atoms with E-state index in [4.69, 9.17) is 14.2 Å². The highest BCUT2D eigenvalue weighted by Gasteiger charge is 2.27. The summed E-state index contributed by atoms with van der Waals surface area (Å²) in [7, 11) is 1.64. The first-order valence-electron chi connectivity index (χ1n) is 10.8. The summed E-state index contributed by atoms with van der Waals surface area (Å²) >= 11 is 0. The van der Waals surface area contributed by atoms with Crippen molar-refractivity contribution < 1.29 is 19.0 Å². The second-order valence-corrected chi connectivity index (χ2v) is 7.46. The lowest BCUT2D eigenvalue weighted by molar-refractivity contribution is 0.101. The average Bonchev–Trinajstić information content (AvgIpc) is 3.14. The molecule has 4 rings (SSSR count). The van der Waals surface area contributed by atoms with Crippen LogP contribution in [0.1, 0.15) is 35.3 Å². The summed E-state index contributed by atoms with van der Waals surface area (Å²) in [5.74, 6) is 2.12. The van der Waals surface area contributed by atoms with E-state index >= 15 is 0 Å². The Balaban J connectivity index is 1.47. The maximum atomic E-state index is 12.8. The van der Waals surface area contributed by atoms with Gasteiger partial charge in [0.1, 0.15) is 23.9 Å². The van der Waals surface area contributed by atoms with Crippen LogP contribution in [-0.4, -0.2) is 26.0 Å². The summed E-state index contributed by atoms with van der Waals surface area (Å²) in [5, 5.41) is 0. The van der Waals surface area contributed by atoms with E-state index in [1.165, 1.54) is 0 Å². The quantitative estimate of drug-likeness (QED) is 0.428. The number of fused-ring (bicyclic) bond motifs is 1. The van der Waals surface area contributed by atoms with Crippen molar-refractivity contribution in [1.29, 1.82) is 0 Å². The molecule has 0 aromatic heterocycles. The van der Waals surface area contributed by atoms with Gasteiger partial charge < -0.3 is 19.1 Å². The fourth-order valence-electron chi connectivity index (χ4n) is 3.76. The zero-order valence-electron chi connectivity index (χ0n) is 18.6. The minimum Gasteiger partial charge on any atom is -0.496 e. The molecule has 5 nitrogen and oxygen atoms in total. The minimum atomic E-state index is -0.121. The molecule has 1 aliphatic rings. The average molecular weight is 430 g/mol. The van der Waals surface area contributed by atoms with E-state index in [-0.39, 0.29) is 5.78 Å². The van der Waals surface area contributed by atoms with Crippen LogP contribution < -0.4 is 19.1 Å². The third-order valence-corrected chi connectivity index (χ3v) is 5.55. The maximum absolute atomic E-state index is 12.8. The summed E-state index contributed by atoms with van der Waals surface area (Å²) in [6.07, 6.45) is 1.78. The van der Waals surface area contributed by atoms with Gasteiger partial charge in [-0.2, -0.15) is 0 Å². The minimum absolute atomic E-state index is 0.121. The molecule has 3 aromatic carbocycles. The van der Waals surface area contributed by atoms with Crippen LogP contribution in [0.2, 0.25) is 0 Å². The van der Waals surface area contributed by atoms with Crippen LogP contribution in [0.5, 0.6) is 17.2 Å². The number of rotatable bonds is 8. The lowest BCUT2D eigenvalue weighted by Crippen LogP contribution is -2.21. The Hall–Kier alpha value is -3.73. The van der Waals surface area contributed by atoms with Crippen molar-refractivity contribution in [2.75, 3.05) is 25.1 Å². The van der Waals surface area contributed by atoms with E-state index in [0.29, 0.717) is 29.4 Å². The van der Waals surface area contributed by atoms with Crippen LogP contribution in [0.4, 0.5) is 5.69 Å². The van der Waals surface area contributed by atoms with Crippen LogP contribution in [0, 0.1) is 0 Å². The van der Waals surface area contributed by atoms with E-state index < -0.39 is 0 Å². The van der Waals surface area contributed by atoms with Gasteiger partial charge in [-0.15, -0.1) is 0 Å². The van der Waals surface area contributed by atoms with Crippen molar-refractivity contribution in [2.45, 2.75) is 20.5 Å². The van der Waals surface area contributed by atoms with Crippen molar-refractivity contribution in [3.8, 4) is 17.2 Å². The zero-order valence-corrected chi connectivity index (χ0v) is 18.6. The lowest BCUT2D eigenvalue weighted by atomic mass is 10.1. The molecule has 164 valence electrons. The summed E-state index contributed by atoms with van der Waals surface area (Å²) < 4.78 is 17.2. The monoisotopic (exact) mass is 429 g/mol. The largest absolute Gasteiger partial charge is 0.496 e. The number of ketones is 1. The summed E-state index contributed by atoms with van der Waals surface area (Å²) in [6.45, 7) is 6.54. The lowest BCUT2D eigenvalue weighted by Gasteiger charge is -2.20. The second kappa shape index (κ2) is 9.60. The zero-order chi connectivity index (χ0) is 22.5. The third kappa shape index (κ3) is 4.47. The first-order valence-corrected chi connectivity index (χ1v) is 10.8. The molecule has 32 heavy (non-hydrogen) atoms. The highest BCUT2D eigenvalue weighted by Crippen LogP contribution is 2.35. The summed E-state index contributed by atoms with van der Waals surface area (Å²) in [4.78, 5) is 15.1. The van der Waals surface area contributed by atoms with Gasteiger partial charge in [0.15, 0.2) is 5.76 Å². The Bertz CT molecular complexity index is 1130. The fraction of sp³-hybridized carbons (Fsp3) is 0.222. The van der Waals surface area contributed by atoms with Gasteiger partial charge in [0.25, 0.3) is 0 Å². The molecule has 0 unspecified atom stereocenters. The maximum Gasteiger partial charge on any atom is 0.231 e. The van der Waals surface area contributed by atoms with Gasteiger partial charge in [0.2, 0.25) is 5.78 Å². The van der Waals surface area contributed by atoms with E-state index in [2.05, 4.69) is 30.9 Å². The Morgan fingerprint density at radius 3 is 2.44 bits per heavy atom. The van der Waals surface area contributed by atoms with Gasteiger partial charge in [0, 0.05) is 30.4 Å². The van der Waals surface area contributed by atoms with Crippen molar-refractivity contribution in [3.05, 3.63) is 89.2 Å². The van der Waals surface area contributed by atoms with Gasteiger partial charge in [-0.1, -0.05) is 30.3 Å². The molecular weight excluding hydrogens is 402 g/mol. The molecule has 0 saturated heterocycles. The van der Waals surface area contributed by atoms with Crippen LogP contribution >= 0.6 is 0 Å². The molecule has 0 atom stereocenters. The van der Waals surface area contributed by atoms with Crippen molar-refractivity contribution in [2.24, 2.45) is 0 Å². The molecule has 1 aliphatic heterocycles. The number of methoxy groups -OCH3 is 1. The normalized spacial score (nSPS) is 13.6. The van der Waals surface area contributed by atoms with Gasteiger partial charge in [-0.25, -0.2) is 0 Å². The number of carbonyl (C=O) groups is 1. The molecule has 0 N–H and O–H groups in total. The molecule has 0 amide bonds. The Labute approximate surface area is 188 Å². The molecule has 1 heterocycles. The fourth-order valence-corrected chi connectivity index (χ4v) is 3.76. The molecule has 0 fully saturated rings. The Morgan fingerprint density at radius 1 is 0.969 bits per heavy atom. The summed E-state index contributed by atoms with van der Waals surface area (Å²) in [5.41, 5.74) is 3.57. The van der Waals surface area contributed by atoms with Crippen LogP contribution in [-0.2, 0) is 6.61 Å². The summed E-state index contributed by atoms with van der Waals surface area (Å²) in [6, 6.07) is 21.1. The number of hydrogen-bond donors (Lipinski definition) is 0. The van der Waals surface area contributed by atoms with E-state index in [9.17, 15) is 4.79 Å². The van der Waals surface area contributed by atoms with Crippen LogP contribution in [0.3, 0.4) is 0 Å². The molecule has 0 bridgehead atoms. The van der Waals surface area contributed by atoms with Gasteiger partial charge in [0.05, 0.1) is 12.7 Å². The highest BCUT2D eigenvalue weighted by molar-refractivity contribution is 6.14. The Morgan fingerprint density at radius 2 is 1.72 bits per heavy atom. The first kappa shape index (κ1) is 21.5. The highest BCUT2D eigenvalue weighted by atomic mass is 16.5. The Kier molecular flexibility index (Phi) is 6.45. The number of para-hydroxylation sites is 1. The van der Waals surface area contributed by atoms with E-state index in [1.54, 1.807) is 31.4 Å². The predicted octanol–water partition coefficient (Wildman–Crippen LogP) is 5.74. The number of carbonyl (C=O) groups excluding carboxylic acids is 1. The van der Waals surface area contributed by atoms with Gasteiger partial charge in [-0.05, 0) is 55.8 Å². The number of benzene rings is 3. The van der Waals surface area contributed by atoms with Gasteiger partial charge >= 0.3 is 0 Å². The molecule has 5 heteroatoms. The number of nitrogens with zero attached hydrogens (tertiary/aromatic N) is 1. The predicted molar refractivity (Wildman–Crippen MR) is 127 cm³/mol. The molecule has 0 radical (unpaired) electrons. The molecule has 0 aliphatic carbocycles. The first-order chi connectivity index (χ1) is 15.6. The second-order valence-electron chi connectivity index (χ2n) is 7.46. The van der Waals surface area contributed by atoms with Crippen molar-refractivity contribution in [1.82, 2.24) is 0 Å². The van der Waals surface area contributed by atoms with Crippen LogP contribution in [0.15, 0.2) is 72.5 Å². The van der Waals surface area contributed by atoms with Crippen LogP contribution in [0.25, 0.3) is 6.08 Å². The SMILES string of the molecule is CCN(CC)c1ccc(/C=C2\Oc3cc(OCc4ccccc4OC)ccc3C2=O)cc1. The smallest absolute Gasteiger partial charge is 0.231 e. The van der Waals surface area contributed by atoms with Crippen molar-refractivity contribution in [3.63, 3.8) is 0 Å². The van der Waals surface area contributed by atoms with E-state index in [0.717, 1.165) is 35.7 Å². The third-order valence-electron chi connectivity index (χ3n) is 5.55. The molecular formula is C27H27NO4. The molecule has 0 saturated carbocycles. The topological polar surface area (TPSA) is 48.0 Å². The van der Waals surface area contributed by atoms with Crippen molar-refractivity contribution >= 4 is 17.5 Å². The van der Waals surface area contributed by atoms with E-state index in [1.807, 2.05) is 36.4 Å². The molecule has 3 aromatic rings.